The zero-order valence-electron chi connectivity index (χ0n) is 14.4. The minimum absolute atomic E-state index is 0.0649. The largest absolute Gasteiger partial charge is 0.339 e. The number of nitrogens with zero attached hydrogens (tertiary/aromatic N) is 3. The van der Waals surface area contributed by atoms with Crippen LogP contribution in [0.3, 0.4) is 0 Å². The number of amides is 1. The van der Waals surface area contributed by atoms with Gasteiger partial charge in [0.25, 0.3) is 5.91 Å². The maximum Gasteiger partial charge on any atom is 0.263 e. The van der Waals surface area contributed by atoms with Gasteiger partial charge >= 0.3 is 0 Å². The van der Waals surface area contributed by atoms with Crippen LogP contribution in [0.2, 0.25) is 0 Å². The molecule has 0 saturated carbocycles. The van der Waals surface area contributed by atoms with Gasteiger partial charge < -0.3 is 9.42 Å². The van der Waals surface area contributed by atoms with Crippen molar-refractivity contribution in [1.82, 2.24) is 15.0 Å². The van der Waals surface area contributed by atoms with Gasteiger partial charge in [0, 0.05) is 25.1 Å². The molecule has 0 N–H and O–H groups in total. The average Bonchev–Trinajstić information content (AvgIpc) is 3.30. The summed E-state index contributed by atoms with van der Waals surface area (Å²) in [6.45, 7) is 5.39. The van der Waals surface area contributed by atoms with E-state index in [2.05, 4.69) is 17.1 Å². The molecular formula is C19H21N3O2S. The third-order valence-electron chi connectivity index (χ3n) is 3.89. The van der Waals surface area contributed by atoms with Gasteiger partial charge in [-0.15, -0.1) is 11.3 Å². The normalized spacial score (nSPS) is 10.8. The fraction of sp³-hybridized carbons (Fsp3) is 0.316. The summed E-state index contributed by atoms with van der Waals surface area (Å²) >= 11 is 1.47. The highest BCUT2D eigenvalue weighted by Gasteiger charge is 2.17. The molecule has 2 aromatic heterocycles. The second-order valence-electron chi connectivity index (χ2n) is 5.90. The first-order valence-corrected chi connectivity index (χ1v) is 9.27. The molecule has 0 radical (unpaired) electrons. The van der Waals surface area contributed by atoms with Crippen molar-refractivity contribution in [3.63, 3.8) is 0 Å². The lowest BCUT2D eigenvalue weighted by Gasteiger charge is -2.20. The molecule has 0 spiro atoms. The Bertz CT molecular complexity index is 810. The third kappa shape index (κ3) is 4.33. The molecule has 130 valence electrons. The first-order chi connectivity index (χ1) is 12.2. The van der Waals surface area contributed by atoms with Crippen LogP contribution in [-0.2, 0) is 6.42 Å². The second kappa shape index (κ2) is 8.07. The molecule has 0 unspecified atom stereocenters. The monoisotopic (exact) mass is 355 g/mol. The Morgan fingerprint density at radius 3 is 2.68 bits per heavy atom. The second-order valence-corrected chi connectivity index (χ2v) is 6.84. The van der Waals surface area contributed by atoms with Gasteiger partial charge in [0.1, 0.15) is 0 Å². The standard InChI is InChI=1S/C19H21N3O2S/c1-3-11-22(19(23)16-5-4-13-25-16)12-10-17-20-18(21-24-17)15-8-6-14(2)7-9-15/h4-9,13H,3,10-12H2,1-2H3. The van der Waals surface area contributed by atoms with E-state index in [9.17, 15) is 4.79 Å². The lowest BCUT2D eigenvalue weighted by molar-refractivity contribution is 0.0759. The summed E-state index contributed by atoms with van der Waals surface area (Å²) in [5.41, 5.74) is 2.12. The van der Waals surface area contributed by atoms with Crippen molar-refractivity contribution in [3.05, 3.63) is 58.1 Å². The lowest BCUT2D eigenvalue weighted by atomic mass is 10.1. The molecule has 3 aromatic rings. The number of hydrogen-bond donors (Lipinski definition) is 0. The van der Waals surface area contributed by atoms with Crippen LogP contribution in [0.1, 0.15) is 34.5 Å². The molecule has 0 aliphatic carbocycles. The van der Waals surface area contributed by atoms with E-state index in [0.29, 0.717) is 24.7 Å². The van der Waals surface area contributed by atoms with Crippen molar-refractivity contribution in [2.24, 2.45) is 0 Å². The number of carbonyl (C=O) groups is 1. The fourth-order valence-electron chi connectivity index (χ4n) is 2.55. The number of rotatable bonds is 7. The van der Waals surface area contributed by atoms with Crippen molar-refractivity contribution in [2.75, 3.05) is 13.1 Å². The van der Waals surface area contributed by atoms with E-state index < -0.39 is 0 Å². The maximum absolute atomic E-state index is 12.5. The Morgan fingerprint density at radius 1 is 1.20 bits per heavy atom. The van der Waals surface area contributed by atoms with Crippen LogP contribution in [0, 0.1) is 6.92 Å². The van der Waals surface area contributed by atoms with Crippen molar-refractivity contribution in [2.45, 2.75) is 26.7 Å². The van der Waals surface area contributed by atoms with E-state index in [-0.39, 0.29) is 5.91 Å². The maximum atomic E-state index is 12.5. The molecule has 0 bridgehead atoms. The summed E-state index contributed by atoms with van der Waals surface area (Å²) in [5.74, 6) is 1.20. The Kier molecular flexibility index (Phi) is 5.60. The molecule has 1 amide bonds. The predicted molar refractivity (Wildman–Crippen MR) is 98.7 cm³/mol. The molecular weight excluding hydrogens is 334 g/mol. The van der Waals surface area contributed by atoms with E-state index in [0.717, 1.165) is 23.4 Å². The van der Waals surface area contributed by atoms with Crippen LogP contribution in [0.4, 0.5) is 0 Å². The SMILES string of the molecule is CCCN(CCc1nc(-c2ccc(C)cc2)no1)C(=O)c1cccs1. The Morgan fingerprint density at radius 2 is 2.00 bits per heavy atom. The highest BCUT2D eigenvalue weighted by molar-refractivity contribution is 7.12. The van der Waals surface area contributed by atoms with Crippen LogP contribution in [0.15, 0.2) is 46.3 Å². The molecule has 6 heteroatoms. The summed E-state index contributed by atoms with van der Waals surface area (Å²) in [6.07, 6.45) is 1.46. The highest BCUT2D eigenvalue weighted by Crippen LogP contribution is 2.17. The number of carbonyl (C=O) groups excluding carboxylic acids is 1. The van der Waals surface area contributed by atoms with Gasteiger partial charge in [-0.2, -0.15) is 4.98 Å². The van der Waals surface area contributed by atoms with Gasteiger partial charge in [0.2, 0.25) is 11.7 Å². The van der Waals surface area contributed by atoms with Crippen molar-refractivity contribution >= 4 is 17.2 Å². The van der Waals surface area contributed by atoms with Crippen LogP contribution in [-0.4, -0.2) is 34.0 Å². The van der Waals surface area contributed by atoms with E-state index in [4.69, 9.17) is 4.52 Å². The zero-order valence-corrected chi connectivity index (χ0v) is 15.3. The van der Waals surface area contributed by atoms with E-state index in [1.165, 1.54) is 16.9 Å². The Labute approximate surface area is 151 Å². The molecule has 2 heterocycles. The average molecular weight is 355 g/mol. The number of aromatic nitrogens is 2. The van der Waals surface area contributed by atoms with Gasteiger partial charge in [-0.3, -0.25) is 4.79 Å². The molecule has 25 heavy (non-hydrogen) atoms. The fourth-order valence-corrected chi connectivity index (χ4v) is 3.24. The molecule has 0 aliphatic heterocycles. The van der Waals surface area contributed by atoms with Crippen molar-refractivity contribution < 1.29 is 9.32 Å². The summed E-state index contributed by atoms with van der Waals surface area (Å²) in [4.78, 5) is 19.6. The Balaban J connectivity index is 1.65. The van der Waals surface area contributed by atoms with E-state index in [1.807, 2.05) is 53.6 Å². The van der Waals surface area contributed by atoms with Crippen molar-refractivity contribution in [1.29, 1.82) is 0 Å². The van der Waals surface area contributed by atoms with Gasteiger partial charge in [0.15, 0.2) is 0 Å². The van der Waals surface area contributed by atoms with Gasteiger partial charge in [0.05, 0.1) is 4.88 Å². The minimum Gasteiger partial charge on any atom is -0.339 e. The van der Waals surface area contributed by atoms with E-state index >= 15 is 0 Å². The van der Waals surface area contributed by atoms with Gasteiger partial charge in [-0.1, -0.05) is 48.0 Å². The molecule has 0 atom stereocenters. The minimum atomic E-state index is 0.0649. The summed E-state index contributed by atoms with van der Waals surface area (Å²) in [7, 11) is 0. The summed E-state index contributed by atoms with van der Waals surface area (Å²) < 4.78 is 5.35. The highest BCUT2D eigenvalue weighted by atomic mass is 32.1. The first kappa shape index (κ1) is 17.4. The van der Waals surface area contributed by atoms with Crippen molar-refractivity contribution in [3.8, 4) is 11.4 Å². The predicted octanol–water partition coefficient (Wildman–Crippen LogP) is 4.20. The number of aryl methyl sites for hydroxylation is 1. The zero-order chi connectivity index (χ0) is 17.6. The molecule has 0 fully saturated rings. The van der Waals surface area contributed by atoms with Crippen LogP contribution in [0.25, 0.3) is 11.4 Å². The molecule has 0 saturated heterocycles. The Hall–Kier alpha value is -2.47. The van der Waals surface area contributed by atoms with Gasteiger partial charge in [-0.25, -0.2) is 0 Å². The van der Waals surface area contributed by atoms with Gasteiger partial charge in [-0.05, 0) is 24.8 Å². The lowest BCUT2D eigenvalue weighted by Crippen LogP contribution is -2.33. The summed E-state index contributed by atoms with van der Waals surface area (Å²) in [5, 5.41) is 5.97. The molecule has 1 aromatic carbocycles. The quantitative estimate of drug-likeness (QED) is 0.637. The molecule has 0 aliphatic rings. The van der Waals surface area contributed by atoms with Crippen LogP contribution < -0.4 is 0 Å². The number of thiophene rings is 1. The smallest absolute Gasteiger partial charge is 0.263 e. The van der Waals surface area contributed by atoms with E-state index in [1.54, 1.807) is 0 Å². The number of hydrogen-bond acceptors (Lipinski definition) is 5. The molecule has 3 rings (SSSR count). The van der Waals surface area contributed by atoms with Crippen LogP contribution in [0.5, 0.6) is 0 Å². The third-order valence-corrected chi connectivity index (χ3v) is 4.74. The van der Waals surface area contributed by atoms with Crippen LogP contribution >= 0.6 is 11.3 Å². The topological polar surface area (TPSA) is 59.2 Å². The first-order valence-electron chi connectivity index (χ1n) is 8.39. The molecule has 5 nitrogen and oxygen atoms in total. The summed E-state index contributed by atoms with van der Waals surface area (Å²) in [6, 6.07) is 11.8. The number of benzene rings is 1.